The lowest BCUT2D eigenvalue weighted by atomic mass is 10.0. The van der Waals surface area contributed by atoms with Crippen LogP contribution in [0.25, 0.3) is 0 Å². The summed E-state index contributed by atoms with van der Waals surface area (Å²) in [6.07, 6.45) is 2.63. The fourth-order valence-corrected chi connectivity index (χ4v) is 5.64. The number of carbonyl (C=O) groups is 2. The highest BCUT2D eigenvalue weighted by molar-refractivity contribution is 7.89. The van der Waals surface area contributed by atoms with Crippen LogP contribution in [0.2, 0.25) is 0 Å². The van der Waals surface area contributed by atoms with Gasteiger partial charge < -0.3 is 24.1 Å². The normalized spacial score (nSPS) is 18.0. The largest absolute Gasteiger partial charge is 0.496 e. The van der Waals surface area contributed by atoms with E-state index < -0.39 is 10.0 Å². The predicted molar refractivity (Wildman–Crippen MR) is 122 cm³/mol. The van der Waals surface area contributed by atoms with Crippen molar-refractivity contribution in [1.29, 1.82) is 0 Å². The molecule has 10 nitrogen and oxygen atoms in total. The summed E-state index contributed by atoms with van der Waals surface area (Å²) in [6, 6.07) is 6.00. The van der Waals surface area contributed by atoms with Crippen molar-refractivity contribution in [3.8, 4) is 5.75 Å². The van der Waals surface area contributed by atoms with Crippen LogP contribution in [-0.2, 0) is 14.8 Å². The third-order valence-corrected chi connectivity index (χ3v) is 8.09. The summed E-state index contributed by atoms with van der Waals surface area (Å²) in [4.78, 5) is 27.4. The fraction of sp³-hybridized carbons (Fsp3) is 0.478. The maximum Gasteiger partial charge on any atom is 0.287 e. The smallest absolute Gasteiger partial charge is 0.287 e. The van der Waals surface area contributed by atoms with Gasteiger partial charge in [0.2, 0.25) is 10.0 Å². The monoisotopic (exact) mass is 491 g/mol. The molecule has 0 aliphatic carbocycles. The number of furan rings is 1. The number of nitrogens with zero attached hydrogens (tertiary/aromatic N) is 2. The van der Waals surface area contributed by atoms with Crippen molar-refractivity contribution < 1.29 is 31.9 Å². The van der Waals surface area contributed by atoms with Crippen molar-refractivity contribution in [3.05, 3.63) is 47.4 Å². The van der Waals surface area contributed by atoms with Crippen LogP contribution in [0.5, 0.6) is 5.75 Å². The number of morpholine rings is 1. The number of hydrogen-bond acceptors (Lipinski definition) is 7. The van der Waals surface area contributed by atoms with E-state index in [1.165, 1.54) is 35.9 Å². The van der Waals surface area contributed by atoms with Crippen LogP contribution in [0.3, 0.4) is 0 Å². The van der Waals surface area contributed by atoms with Crippen LogP contribution in [0, 0.1) is 6.92 Å². The van der Waals surface area contributed by atoms with Gasteiger partial charge in [-0.3, -0.25) is 9.59 Å². The van der Waals surface area contributed by atoms with Crippen LogP contribution >= 0.6 is 0 Å². The molecule has 0 spiro atoms. The van der Waals surface area contributed by atoms with E-state index in [1.807, 2.05) is 0 Å². The highest BCUT2D eigenvalue weighted by Crippen LogP contribution is 2.27. The summed E-state index contributed by atoms with van der Waals surface area (Å²) in [5, 5.41) is 2.96. The summed E-state index contributed by atoms with van der Waals surface area (Å²) in [6.45, 7) is 3.87. The van der Waals surface area contributed by atoms with Gasteiger partial charge in [-0.15, -0.1) is 0 Å². The molecule has 3 heterocycles. The minimum atomic E-state index is -3.75. The summed E-state index contributed by atoms with van der Waals surface area (Å²) in [5.74, 6) is 0.0358. The molecule has 0 unspecified atom stereocenters. The third kappa shape index (κ3) is 4.96. The molecule has 184 valence electrons. The summed E-state index contributed by atoms with van der Waals surface area (Å²) in [5.41, 5.74) is 0.967. The topological polar surface area (TPSA) is 118 Å². The number of carbonyl (C=O) groups excluding carboxylic acids is 2. The number of nitrogens with one attached hydrogen (secondary N) is 1. The van der Waals surface area contributed by atoms with Gasteiger partial charge >= 0.3 is 0 Å². The van der Waals surface area contributed by atoms with Crippen LogP contribution in [-0.4, -0.2) is 82.0 Å². The number of methoxy groups -OCH3 is 1. The molecule has 0 saturated carbocycles. The zero-order valence-corrected chi connectivity index (χ0v) is 20.1. The maximum atomic E-state index is 13.3. The van der Waals surface area contributed by atoms with E-state index in [-0.39, 0.29) is 41.4 Å². The molecule has 1 aromatic carbocycles. The molecule has 2 aromatic rings. The lowest BCUT2D eigenvalue weighted by Crippen LogP contribution is -2.46. The highest BCUT2D eigenvalue weighted by Gasteiger charge is 2.31. The Balaban J connectivity index is 1.45. The lowest BCUT2D eigenvalue weighted by molar-refractivity contribution is 0.0691. The van der Waals surface area contributed by atoms with Crippen LogP contribution in [0.1, 0.15) is 39.3 Å². The van der Waals surface area contributed by atoms with E-state index in [0.717, 1.165) is 5.56 Å². The second-order valence-electron chi connectivity index (χ2n) is 8.35. The second-order valence-corrected chi connectivity index (χ2v) is 10.3. The number of hydrogen-bond donors (Lipinski definition) is 1. The van der Waals surface area contributed by atoms with Crippen molar-refractivity contribution >= 4 is 21.8 Å². The molecule has 0 bridgehead atoms. The van der Waals surface area contributed by atoms with Gasteiger partial charge in [-0.2, -0.15) is 4.31 Å². The van der Waals surface area contributed by atoms with Crippen molar-refractivity contribution in [3.63, 3.8) is 0 Å². The quantitative estimate of drug-likeness (QED) is 0.653. The number of aryl methyl sites for hydroxylation is 1. The summed E-state index contributed by atoms with van der Waals surface area (Å²) >= 11 is 0. The Morgan fingerprint density at radius 2 is 1.79 bits per heavy atom. The molecule has 34 heavy (non-hydrogen) atoms. The Kier molecular flexibility index (Phi) is 7.24. The van der Waals surface area contributed by atoms with Gasteiger partial charge in [-0.25, -0.2) is 8.42 Å². The Morgan fingerprint density at radius 3 is 2.41 bits per heavy atom. The van der Waals surface area contributed by atoms with E-state index >= 15 is 0 Å². The third-order valence-electron chi connectivity index (χ3n) is 6.19. The predicted octanol–water partition coefficient (Wildman–Crippen LogP) is 1.65. The minimum Gasteiger partial charge on any atom is -0.496 e. The summed E-state index contributed by atoms with van der Waals surface area (Å²) in [7, 11) is -2.31. The molecular weight excluding hydrogens is 462 g/mol. The van der Waals surface area contributed by atoms with E-state index in [1.54, 1.807) is 17.9 Å². The van der Waals surface area contributed by atoms with Gasteiger partial charge in [-0.1, -0.05) is 0 Å². The molecular formula is C23H29N3O7S. The summed E-state index contributed by atoms with van der Waals surface area (Å²) < 4.78 is 43.3. The fourth-order valence-electron chi connectivity index (χ4n) is 4.20. The molecule has 4 rings (SSSR count). The van der Waals surface area contributed by atoms with Gasteiger partial charge in [0.05, 0.1) is 37.0 Å². The number of ether oxygens (including phenoxy) is 2. The van der Waals surface area contributed by atoms with E-state index in [4.69, 9.17) is 13.9 Å². The van der Waals surface area contributed by atoms with Crippen LogP contribution in [0.4, 0.5) is 0 Å². The first-order chi connectivity index (χ1) is 16.3. The van der Waals surface area contributed by atoms with E-state index in [9.17, 15) is 18.0 Å². The van der Waals surface area contributed by atoms with E-state index in [2.05, 4.69) is 5.32 Å². The molecule has 1 aromatic heterocycles. The SMILES string of the molecule is COc1ccc(S(=O)(=O)N2CCOCC2)cc1C(=O)N1CCC(NC(=O)c2occc2C)CC1. The van der Waals surface area contributed by atoms with Crippen molar-refractivity contribution in [2.45, 2.75) is 30.7 Å². The zero-order valence-electron chi connectivity index (χ0n) is 19.3. The molecule has 0 radical (unpaired) electrons. The van der Waals surface area contributed by atoms with Gasteiger partial charge in [0.15, 0.2) is 5.76 Å². The Bertz CT molecular complexity index is 1150. The Morgan fingerprint density at radius 1 is 1.09 bits per heavy atom. The highest BCUT2D eigenvalue weighted by atomic mass is 32.2. The van der Waals surface area contributed by atoms with Crippen molar-refractivity contribution in [2.24, 2.45) is 0 Å². The first-order valence-corrected chi connectivity index (χ1v) is 12.7. The molecule has 2 aliphatic rings. The number of benzene rings is 1. The molecule has 0 atom stereocenters. The average Bonchev–Trinajstić information content (AvgIpc) is 3.30. The van der Waals surface area contributed by atoms with Gasteiger partial charge in [0, 0.05) is 37.8 Å². The van der Waals surface area contributed by atoms with E-state index in [0.29, 0.717) is 50.7 Å². The first-order valence-electron chi connectivity index (χ1n) is 11.2. The number of likely N-dealkylation sites (tertiary alicyclic amines) is 1. The molecule has 2 saturated heterocycles. The Labute approximate surface area is 198 Å². The lowest BCUT2D eigenvalue weighted by Gasteiger charge is -2.32. The van der Waals surface area contributed by atoms with Crippen molar-refractivity contribution in [1.82, 2.24) is 14.5 Å². The first kappa shape index (κ1) is 24.2. The molecule has 2 aliphatic heterocycles. The number of sulfonamides is 1. The second kappa shape index (κ2) is 10.2. The van der Waals surface area contributed by atoms with Gasteiger partial charge in [0.25, 0.3) is 11.8 Å². The number of piperidine rings is 1. The molecule has 2 fully saturated rings. The van der Waals surface area contributed by atoms with Gasteiger partial charge in [-0.05, 0) is 44.0 Å². The van der Waals surface area contributed by atoms with Crippen LogP contribution < -0.4 is 10.1 Å². The standard InChI is InChI=1S/C23H29N3O7S/c1-16-7-12-33-21(16)22(27)24-17-5-8-25(9-6-17)23(28)19-15-18(3-4-20(19)31-2)34(29,30)26-10-13-32-14-11-26/h3-4,7,12,15,17H,5-6,8-11,13-14H2,1-2H3,(H,24,27). The van der Waals surface area contributed by atoms with Gasteiger partial charge in [0.1, 0.15) is 5.75 Å². The molecule has 2 amide bonds. The Hall–Kier alpha value is -2.89. The minimum absolute atomic E-state index is 0.0505. The maximum absolute atomic E-state index is 13.3. The molecule has 1 N–H and O–H groups in total. The number of rotatable bonds is 6. The zero-order chi connectivity index (χ0) is 24.3. The number of amides is 2. The van der Waals surface area contributed by atoms with Crippen molar-refractivity contribution in [2.75, 3.05) is 46.5 Å². The molecule has 11 heteroatoms. The van der Waals surface area contributed by atoms with Crippen LogP contribution in [0.15, 0.2) is 39.8 Å². The average molecular weight is 492 g/mol.